The fourth-order valence-corrected chi connectivity index (χ4v) is 2.64. The normalized spacial score (nSPS) is 26.0. The lowest BCUT2D eigenvalue weighted by Gasteiger charge is -2.34. The number of hydrogen-bond donors (Lipinski definition) is 1. The van der Waals surface area contributed by atoms with Crippen molar-refractivity contribution in [2.75, 3.05) is 0 Å². The van der Waals surface area contributed by atoms with E-state index in [9.17, 15) is 18.3 Å². The van der Waals surface area contributed by atoms with Crippen LogP contribution < -0.4 is 0 Å². The van der Waals surface area contributed by atoms with Crippen LogP contribution in [0.4, 0.5) is 13.2 Å². The number of aliphatic hydroxyl groups is 1. The van der Waals surface area contributed by atoms with E-state index in [1.54, 1.807) is 13.8 Å². The molecular weight excluding hydrogens is 241 g/mol. The summed E-state index contributed by atoms with van der Waals surface area (Å²) in [6, 6.07) is 0. The monoisotopic (exact) mass is 262 g/mol. The Bertz CT molecular complexity index is 375. The molecule has 1 N–H and O–H groups in total. The number of allylic oxidation sites excluding steroid dienone is 3. The lowest BCUT2D eigenvalue weighted by Crippen LogP contribution is -2.33. The Morgan fingerprint density at radius 1 is 1.11 bits per heavy atom. The SMILES string of the molecule is CC(C)C1=CC(C(F)(F)F)C(C)C(C(C)C)=C1O. The molecule has 0 amide bonds. The van der Waals surface area contributed by atoms with E-state index < -0.39 is 18.0 Å². The maximum absolute atomic E-state index is 13.0. The summed E-state index contributed by atoms with van der Waals surface area (Å²) in [4.78, 5) is 0. The van der Waals surface area contributed by atoms with Crippen molar-refractivity contribution in [2.24, 2.45) is 23.7 Å². The van der Waals surface area contributed by atoms with E-state index in [4.69, 9.17) is 0 Å². The van der Waals surface area contributed by atoms with Gasteiger partial charge in [-0.2, -0.15) is 13.2 Å². The van der Waals surface area contributed by atoms with E-state index in [-0.39, 0.29) is 17.6 Å². The van der Waals surface area contributed by atoms with E-state index in [2.05, 4.69) is 0 Å². The Morgan fingerprint density at radius 2 is 1.61 bits per heavy atom. The van der Waals surface area contributed by atoms with Gasteiger partial charge in [0.25, 0.3) is 0 Å². The third-order valence-electron chi connectivity index (χ3n) is 3.56. The molecule has 0 radical (unpaired) electrons. The predicted octanol–water partition coefficient (Wildman–Crippen LogP) is 4.87. The fourth-order valence-electron chi connectivity index (χ4n) is 2.64. The molecule has 0 heterocycles. The van der Waals surface area contributed by atoms with Crippen molar-refractivity contribution in [1.29, 1.82) is 0 Å². The van der Waals surface area contributed by atoms with Gasteiger partial charge in [0.05, 0.1) is 5.92 Å². The number of aliphatic hydroxyl groups excluding tert-OH is 1. The first-order valence-corrected chi connectivity index (χ1v) is 6.29. The zero-order valence-corrected chi connectivity index (χ0v) is 11.5. The van der Waals surface area contributed by atoms with Crippen LogP contribution in [0.3, 0.4) is 0 Å². The summed E-state index contributed by atoms with van der Waals surface area (Å²) in [7, 11) is 0. The average molecular weight is 262 g/mol. The summed E-state index contributed by atoms with van der Waals surface area (Å²) in [5.74, 6) is -2.34. The molecule has 1 rings (SSSR count). The first kappa shape index (κ1) is 15.1. The molecule has 1 nitrogen and oxygen atoms in total. The van der Waals surface area contributed by atoms with Crippen molar-refractivity contribution in [3.63, 3.8) is 0 Å². The standard InChI is InChI=1S/C14H21F3O/c1-7(2)10-6-11(14(15,16)17)9(5)12(8(3)4)13(10)18/h6-9,11,18H,1-5H3. The molecule has 2 atom stereocenters. The Labute approximate surface area is 106 Å². The second-order valence-corrected chi connectivity index (χ2v) is 5.59. The quantitative estimate of drug-likeness (QED) is 0.753. The first-order chi connectivity index (χ1) is 8.07. The lowest BCUT2D eigenvalue weighted by atomic mass is 9.74. The highest BCUT2D eigenvalue weighted by molar-refractivity contribution is 5.38. The fraction of sp³-hybridized carbons (Fsp3) is 0.714. The lowest BCUT2D eigenvalue weighted by molar-refractivity contribution is -0.171. The zero-order valence-electron chi connectivity index (χ0n) is 11.5. The molecule has 0 spiro atoms. The molecule has 0 aromatic carbocycles. The van der Waals surface area contributed by atoms with Crippen LogP contribution >= 0.6 is 0 Å². The summed E-state index contributed by atoms with van der Waals surface area (Å²) in [5, 5.41) is 10.2. The molecule has 0 fully saturated rings. The van der Waals surface area contributed by atoms with Gasteiger partial charge in [-0.1, -0.05) is 40.7 Å². The minimum Gasteiger partial charge on any atom is -0.508 e. The highest BCUT2D eigenvalue weighted by Crippen LogP contribution is 2.45. The third-order valence-corrected chi connectivity index (χ3v) is 3.56. The van der Waals surface area contributed by atoms with Crippen LogP contribution in [0.25, 0.3) is 0 Å². The minimum absolute atomic E-state index is 0.0630. The second kappa shape index (κ2) is 4.98. The van der Waals surface area contributed by atoms with E-state index in [1.807, 2.05) is 13.8 Å². The summed E-state index contributed by atoms with van der Waals surface area (Å²) in [6.45, 7) is 8.77. The van der Waals surface area contributed by atoms with Gasteiger partial charge < -0.3 is 5.11 Å². The van der Waals surface area contributed by atoms with Crippen molar-refractivity contribution >= 4 is 0 Å². The molecule has 1 aliphatic rings. The number of halogens is 3. The Morgan fingerprint density at radius 3 is 1.94 bits per heavy atom. The molecule has 0 aromatic rings. The van der Waals surface area contributed by atoms with Gasteiger partial charge in [-0.25, -0.2) is 0 Å². The number of alkyl halides is 3. The van der Waals surface area contributed by atoms with Gasteiger partial charge in [-0.3, -0.25) is 0 Å². The molecule has 0 aromatic heterocycles. The molecule has 1 aliphatic carbocycles. The molecule has 18 heavy (non-hydrogen) atoms. The first-order valence-electron chi connectivity index (χ1n) is 6.29. The van der Waals surface area contributed by atoms with Gasteiger partial charge in [0, 0.05) is 0 Å². The van der Waals surface area contributed by atoms with Crippen LogP contribution in [-0.4, -0.2) is 11.3 Å². The van der Waals surface area contributed by atoms with Gasteiger partial charge in [0.1, 0.15) is 5.76 Å². The Hall–Kier alpha value is -0.930. The Balaban J connectivity index is 3.33. The van der Waals surface area contributed by atoms with Crippen molar-refractivity contribution in [2.45, 2.75) is 40.8 Å². The van der Waals surface area contributed by atoms with Gasteiger partial charge in [0.15, 0.2) is 0 Å². The van der Waals surface area contributed by atoms with Crippen LogP contribution in [0.2, 0.25) is 0 Å². The molecule has 4 heteroatoms. The predicted molar refractivity (Wildman–Crippen MR) is 66.1 cm³/mol. The van der Waals surface area contributed by atoms with Crippen LogP contribution in [-0.2, 0) is 0 Å². The van der Waals surface area contributed by atoms with Gasteiger partial charge >= 0.3 is 6.18 Å². The summed E-state index contributed by atoms with van der Waals surface area (Å²) >= 11 is 0. The zero-order chi connectivity index (χ0) is 14.2. The smallest absolute Gasteiger partial charge is 0.395 e. The maximum atomic E-state index is 13.0. The highest BCUT2D eigenvalue weighted by atomic mass is 19.4. The minimum atomic E-state index is -4.26. The molecule has 104 valence electrons. The molecule has 0 saturated heterocycles. The van der Waals surface area contributed by atoms with Crippen LogP contribution in [0.1, 0.15) is 34.6 Å². The average Bonchev–Trinajstić information content (AvgIpc) is 2.13. The topological polar surface area (TPSA) is 20.2 Å². The second-order valence-electron chi connectivity index (χ2n) is 5.59. The molecular formula is C14H21F3O. The van der Waals surface area contributed by atoms with Crippen molar-refractivity contribution in [3.05, 3.63) is 23.0 Å². The number of rotatable bonds is 2. The van der Waals surface area contributed by atoms with Crippen molar-refractivity contribution < 1.29 is 18.3 Å². The van der Waals surface area contributed by atoms with Gasteiger partial charge in [-0.15, -0.1) is 0 Å². The largest absolute Gasteiger partial charge is 0.508 e. The summed E-state index contributed by atoms with van der Waals surface area (Å²) < 4.78 is 39.1. The van der Waals surface area contributed by atoms with E-state index in [0.717, 1.165) is 0 Å². The third kappa shape index (κ3) is 2.73. The van der Waals surface area contributed by atoms with Crippen LogP contribution in [0.15, 0.2) is 23.0 Å². The molecule has 2 unspecified atom stereocenters. The van der Waals surface area contributed by atoms with Crippen molar-refractivity contribution in [3.8, 4) is 0 Å². The van der Waals surface area contributed by atoms with E-state index >= 15 is 0 Å². The maximum Gasteiger partial charge on any atom is 0.395 e. The molecule has 0 saturated carbocycles. The van der Waals surface area contributed by atoms with Crippen LogP contribution in [0, 0.1) is 23.7 Å². The highest BCUT2D eigenvalue weighted by Gasteiger charge is 2.46. The number of hydrogen-bond acceptors (Lipinski definition) is 1. The van der Waals surface area contributed by atoms with E-state index in [0.29, 0.717) is 11.1 Å². The van der Waals surface area contributed by atoms with Crippen LogP contribution in [0.5, 0.6) is 0 Å². The molecule has 0 bridgehead atoms. The van der Waals surface area contributed by atoms with E-state index in [1.165, 1.54) is 13.0 Å². The Kier molecular flexibility index (Phi) is 4.19. The summed E-state index contributed by atoms with van der Waals surface area (Å²) in [6.07, 6.45) is -3.07. The van der Waals surface area contributed by atoms with Gasteiger partial charge in [0.2, 0.25) is 0 Å². The summed E-state index contributed by atoms with van der Waals surface area (Å²) in [5.41, 5.74) is 0.933. The van der Waals surface area contributed by atoms with Gasteiger partial charge in [-0.05, 0) is 28.9 Å². The molecule has 0 aliphatic heterocycles. The van der Waals surface area contributed by atoms with Crippen molar-refractivity contribution in [1.82, 2.24) is 0 Å².